The fourth-order valence-corrected chi connectivity index (χ4v) is 2.88. The third kappa shape index (κ3) is 1.73. The van der Waals surface area contributed by atoms with Crippen LogP contribution in [0.15, 0.2) is 18.2 Å². The number of hydrogen-bond donors (Lipinski definition) is 0. The Bertz CT molecular complexity index is 782. The van der Waals surface area contributed by atoms with E-state index >= 15 is 0 Å². The molecule has 0 saturated carbocycles. The first kappa shape index (κ1) is 11.6. The van der Waals surface area contributed by atoms with Gasteiger partial charge in [0.1, 0.15) is 11.6 Å². The Kier molecular flexibility index (Phi) is 2.57. The Morgan fingerprint density at radius 3 is 3.10 bits per heavy atom. The summed E-state index contributed by atoms with van der Waals surface area (Å²) in [6.07, 6.45) is 0. The molecule has 2 aromatic heterocycles. The van der Waals surface area contributed by atoms with Gasteiger partial charge in [-0.1, -0.05) is 11.3 Å². The zero-order chi connectivity index (χ0) is 13.5. The van der Waals surface area contributed by atoms with Gasteiger partial charge in [-0.05, 0) is 18.2 Å². The van der Waals surface area contributed by atoms with Crippen LogP contribution in [-0.4, -0.2) is 33.7 Å². The molecule has 1 aliphatic rings. The second-order valence-electron chi connectivity index (χ2n) is 4.22. The average Bonchev–Trinajstić information content (AvgIpc) is 3.14. The van der Waals surface area contributed by atoms with Gasteiger partial charge in [0.15, 0.2) is 17.3 Å². The van der Waals surface area contributed by atoms with Crippen LogP contribution in [0.4, 0.5) is 0 Å². The van der Waals surface area contributed by atoms with Crippen molar-refractivity contribution in [2.75, 3.05) is 13.9 Å². The highest BCUT2D eigenvalue weighted by Gasteiger charge is 2.17. The molecular weight excluding hydrogens is 280 g/mol. The van der Waals surface area contributed by atoms with Gasteiger partial charge < -0.3 is 14.2 Å². The van der Waals surface area contributed by atoms with Crippen LogP contribution in [0.25, 0.3) is 15.5 Å². The van der Waals surface area contributed by atoms with Gasteiger partial charge in [0.05, 0.1) is 0 Å². The zero-order valence-electron chi connectivity index (χ0n) is 10.6. The van der Waals surface area contributed by atoms with Gasteiger partial charge in [-0.25, -0.2) is 0 Å². The SMILES string of the molecule is COCc1nnc2sc(-c3ccc4c(c3)OCO4)nn12. The normalized spacial score (nSPS) is 13.2. The lowest BCUT2D eigenvalue weighted by molar-refractivity contribution is 0.174. The molecule has 1 aliphatic heterocycles. The van der Waals surface area contributed by atoms with Crippen LogP contribution in [0.5, 0.6) is 11.5 Å². The molecule has 102 valence electrons. The number of methoxy groups -OCH3 is 1. The van der Waals surface area contributed by atoms with Crippen molar-refractivity contribution >= 4 is 16.3 Å². The first-order valence-electron chi connectivity index (χ1n) is 5.95. The zero-order valence-corrected chi connectivity index (χ0v) is 11.4. The minimum atomic E-state index is 0.266. The molecule has 3 heterocycles. The highest BCUT2D eigenvalue weighted by atomic mass is 32.1. The van der Waals surface area contributed by atoms with Crippen LogP contribution in [0.3, 0.4) is 0 Å². The molecule has 7 nitrogen and oxygen atoms in total. The Balaban J connectivity index is 1.78. The molecular formula is C12H10N4O3S. The summed E-state index contributed by atoms with van der Waals surface area (Å²) in [6, 6.07) is 5.76. The van der Waals surface area contributed by atoms with Gasteiger partial charge >= 0.3 is 0 Å². The van der Waals surface area contributed by atoms with Crippen LogP contribution < -0.4 is 9.47 Å². The fourth-order valence-electron chi connectivity index (χ4n) is 2.02. The van der Waals surface area contributed by atoms with E-state index in [2.05, 4.69) is 15.3 Å². The number of hydrogen-bond acceptors (Lipinski definition) is 7. The second kappa shape index (κ2) is 4.43. The summed E-state index contributed by atoms with van der Waals surface area (Å²) >= 11 is 1.47. The molecule has 1 aromatic carbocycles. The average molecular weight is 290 g/mol. The molecule has 0 radical (unpaired) electrons. The molecule has 0 bridgehead atoms. The van der Waals surface area contributed by atoms with Crippen molar-refractivity contribution in [2.24, 2.45) is 0 Å². The fraction of sp³-hybridized carbons (Fsp3) is 0.250. The standard InChI is InChI=1S/C12H10N4O3S/c1-17-5-10-13-14-12-16(10)15-11(20-12)7-2-3-8-9(4-7)19-6-18-8/h2-4H,5-6H2,1H3. The Morgan fingerprint density at radius 1 is 1.30 bits per heavy atom. The van der Waals surface area contributed by atoms with Gasteiger partial charge in [0.25, 0.3) is 0 Å². The lowest BCUT2D eigenvalue weighted by atomic mass is 10.2. The van der Waals surface area contributed by atoms with Crippen molar-refractivity contribution in [3.05, 3.63) is 24.0 Å². The minimum absolute atomic E-state index is 0.266. The number of benzene rings is 1. The summed E-state index contributed by atoms with van der Waals surface area (Å²) < 4.78 is 17.5. The Hall–Kier alpha value is -2.19. The molecule has 8 heteroatoms. The van der Waals surface area contributed by atoms with Crippen molar-refractivity contribution in [2.45, 2.75) is 6.61 Å². The van der Waals surface area contributed by atoms with Gasteiger partial charge in [-0.3, -0.25) is 0 Å². The van der Waals surface area contributed by atoms with E-state index < -0.39 is 0 Å². The van der Waals surface area contributed by atoms with E-state index in [1.807, 2.05) is 18.2 Å². The Labute approximate surface area is 117 Å². The van der Waals surface area contributed by atoms with Crippen molar-refractivity contribution in [1.29, 1.82) is 0 Å². The molecule has 0 fully saturated rings. The highest BCUT2D eigenvalue weighted by Crippen LogP contribution is 2.36. The molecule has 3 aromatic rings. The molecule has 0 amide bonds. The topological polar surface area (TPSA) is 70.8 Å². The monoisotopic (exact) mass is 290 g/mol. The van der Waals surface area contributed by atoms with E-state index in [0.717, 1.165) is 27.0 Å². The predicted molar refractivity (Wildman–Crippen MR) is 70.9 cm³/mol. The van der Waals surface area contributed by atoms with Crippen molar-refractivity contribution in [1.82, 2.24) is 19.8 Å². The maximum absolute atomic E-state index is 5.38. The minimum Gasteiger partial charge on any atom is -0.454 e. The van der Waals surface area contributed by atoms with Crippen LogP contribution in [0, 0.1) is 0 Å². The van der Waals surface area contributed by atoms with Gasteiger partial charge in [0, 0.05) is 12.7 Å². The van der Waals surface area contributed by atoms with Crippen molar-refractivity contribution in [3.8, 4) is 22.1 Å². The van der Waals surface area contributed by atoms with Crippen LogP contribution in [0.1, 0.15) is 5.82 Å². The molecule has 0 saturated heterocycles. The second-order valence-corrected chi connectivity index (χ2v) is 5.17. The van der Waals surface area contributed by atoms with E-state index in [0.29, 0.717) is 12.4 Å². The quantitative estimate of drug-likeness (QED) is 0.731. The van der Waals surface area contributed by atoms with Crippen LogP contribution in [0.2, 0.25) is 0 Å². The molecule has 0 spiro atoms. The Morgan fingerprint density at radius 2 is 2.20 bits per heavy atom. The summed E-state index contributed by atoms with van der Waals surface area (Å²) in [4.78, 5) is 0.740. The summed E-state index contributed by atoms with van der Waals surface area (Å²) in [6.45, 7) is 0.646. The number of fused-ring (bicyclic) bond motifs is 2. The summed E-state index contributed by atoms with van der Waals surface area (Å²) in [5, 5.41) is 13.5. The largest absolute Gasteiger partial charge is 0.454 e. The molecule has 0 N–H and O–H groups in total. The predicted octanol–water partition coefficient (Wildman–Crippen LogP) is 1.73. The molecule has 0 atom stereocenters. The van der Waals surface area contributed by atoms with Crippen LogP contribution >= 0.6 is 11.3 Å². The summed E-state index contributed by atoms with van der Waals surface area (Å²) in [5.74, 6) is 2.19. The van der Waals surface area contributed by atoms with E-state index in [9.17, 15) is 0 Å². The molecule has 4 rings (SSSR count). The number of nitrogens with zero attached hydrogens (tertiary/aromatic N) is 4. The third-order valence-electron chi connectivity index (χ3n) is 2.95. The first-order chi connectivity index (χ1) is 9.85. The maximum atomic E-state index is 5.38. The lowest BCUT2D eigenvalue weighted by Gasteiger charge is -1.98. The van der Waals surface area contributed by atoms with E-state index in [4.69, 9.17) is 14.2 Å². The third-order valence-corrected chi connectivity index (χ3v) is 3.90. The molecule has 0 unspecified atom stereocenters. The lowest BCUT2D eigenvalue weighted by Crippen LogP contribution is -1.97. The first-order valence-corrected chi connectivity index (χ1v) is 6.77. The number of ether oxygens (including phenoxy) is 3. The van der Waals surface area contributed by atoms with E-state index in [1.165, 1.54) is 11.3 Å². The van der Waals surface area contributed by atoms with E-state index in [1.54, 1.807) is 11.6 Å². The van der Waals surface area contributed by atoms with Gasteiger partial charge in [-0.2, -0.15) is 9.61 Å². The highest BCUT2D eigenvalue weighted by molar-refractivity contribution is 7.19. The molecule has 20 heavy (non-hydrogen) atoms. The number of aromatic nitrogens is 4. The van der Waals surface area contributed by atoms with Gasteiger partial charge in [-0.15, -0.1) is 10.2 Å². The molecule has 0 aliphatic carbocycles. The maximum Gasteiger partial charge on any atom is 0.235 e. The smallest absolute Gasteiger partial charge is 0.235 e. The summed E-state index contributed by atoms with van der Waals surface area (Å²) in [5.41, 5.74) is 0.966. The van der Waals surface area contributed by atoms with Crippen molar-refractivity contribution < 1.29 is 14.2 Å². The van der Waals surface area contributed by atoms with Crippen molar-refractivity contribution in [3.63, 3.8) is 0 Å². The van der Waals surface area contributed by atoms with E-state index in [-0.39, 0.29) is 6.79 Å². The number of rotatable bonds is 3. The van der Waals surface area contributed by atoms with Gasteiger partial charge in [0.2, 0.25) is 11.8 Å². The van der Waals surface area contributed by atoms with Crippen LogP contribution in [-0.2, 0) is 11.3 Å². The summed E-state index contributed by atoms with van der Waals surface area (Å²) in [7, 11) is 1.62.